The highest BCUT2D eigenvalue weighted by molar-refractivity contribution is 5.91. The third kappa shape index (κ3) is 3.40. The molecular weight excluding hydrogens is 258 g/mol. The molecule has 0 aromatic rings. The molecule has 1 unspecified atom stereocenters. The van der Waals surface area contributed by atoms with E-state index >= 15 is 0 Å². The van der Waals surface area contributed by atoms with Gasteiger partial charge in [-0.15, -0.1) is 0 Å². The lowest BCUT2D eigenvalue weighted by atomic mass is 10.1. The van der Waals surface area contributed by atoms with Crippen molar-refractivity contribution in [2.24, 2.45) is 5.73 Å². The number of nitrogens with zero attached hydrogens (tertiary/aromatic N) is 1. The van der Waals surface area contributed by atoms with Crippen LogP contribution >= 0.6 is 0 Å². The van der Waals surface area contributed by atoms with Crippen molar-refractivity contribution in [1.82, 2.24) is 10.2 Å². The van der Waals surface area contributed by atoms with Crippen LogP contribution in [0.2, 0.25) is 0 Å². The fraction of sp³-hybridized carbons (Fsp3) is 0.700. The van der Waals surface area contributed by atoms with Gasteiger partial charge >= 0.3 is 5.97 Å². The highest BCUT2D eigenvalue weighted by Gasteiger charge is 2.45. The summed E-state index contributed by atoms with van der Waals surface area (Å²) in [5.74, 6) is -2.41. The van der Waals surface area contributed by atoms with Gasteiger partial charge in [-0.05, 0) is 6.92 Å². The van der Waals surface area contributed by atoms with Gasteiger partial charge in [0.2, 0.25) is 11.8 Å². The molecule has 0 aromatic carbocycles. The number of aliphatic carboxylic acids is 1. The number of nitrogens with one attached hydrogen (secondary N) is 1. The molecule has 1 heterocycles. The van der Waals surface area contributed by atoms with E-state index in [4.69, 9.17) is 20.7 Å². The summed E-state index contributed by atoms with van der Waals surface area (Å²) in [5.41, 5.74) is 5.24. The fourth-order valence-corrected chi connectivity index (χ4v) is 1.95. The van der Waals surface area contributed by atoms with Crippen molar-refractivity contribution in [2.75, 3.05) is 19.7 Å². The Bertz CT molecular complexity index is 374. The average Bonchev–Trinajstić information content (AvgIpc) is 2.71. The molecule has 1 aliphatic heterocycles. The smallest absolute Gasteiger partial charge is 0.322 e. The Labute approximate surface area is 109 Å². The predicted octanol–water partition coefficient (Wildman–Crippen LogP) is -2.92. The first-order valence-electron chi connectivity index (χ1n) is 5.69. The number of nitrogens with two attached hydrogens (primary N) is 1. The highest BCUT2D eigenvalue weighted by Crippen LogP contribution is 2.23. The predicted molar refractivity (Wildman–Crippen MR) is 61.8 cm³/mol. The Kier molecular flexibility index (Phi) is 5.21. The van der Waals surface area contributed by atoms with Gasteiger partial charge in [-0.2, -0.15) is 0 Å². The van der Waals surface area contributed by atoms with E-state index in [1.54, 1.807) is 6.92 Å². The number of carboxylic acids is 1. The first-order chi connectivity index (χ1) is 8.92. The molecule has 0 aliphatic carbocycles. The summed E-state index contributed by atoms with van der Waals surface area (Å²) in [5, 5.41) is 19.8. The lowest BCUT2D eigenvalue weighted by Crippen LogP contribution is -2.54. The largest absolute Gasteiger partial charge is 0.480 e. The lowest BCUT2D eigenvalue weighted by molar-refractivity contribution is -0.143. The minimum Gasteiger partial charge on any atom is -0.480 e. The number of hydrogen-bond donors (Lipinski definition) is 4. The van der Waals surface area contributed by atoms with E-state index in [-0.39, 0.29) is 6.54 Å². The van der Waals surface area contributed by atoms with Crippen molar-refractivity contribution in [3.05, 3.63) is 0 Å². The van der Waals surface area contributed by atoms with Crippen LogP contribution in [0.15, 0.2) is 0 Å². The molecule has 1 fully saturated rings. The molecular formula is C10H17N3O6. The SMILES string of the molecule is C[C@H]1OC(CO)N(C(=O)CN)[C@@H]1C(=O)NCC(=O)O. The first kappa shape index (κ1) is 15.3. The van der Waals surface area contributed by atoms with Gasteiger partial charge in [-0.25, -0.2) is 0 Å². The molecule has 108 valence electrons. The van der Waals surface area contributed by atoms with Gasteiger partial charge in [-0.1, -0.05) is 0 Å². The summed E-state index contributed by atoms with van der Waals surface area (Å²) in [4.78, 5) is 35.0. The molecule has 0 saturated carbocycles. The second-order valence-corrected chi connectivity index (χ2v) is 4.04. The van der Waals surface area contributed by atoms with E-state index in [2.05, 4.69) is 5.32 Å². The molecule has 5 N–H and O–H groups in total. The van der Waals surface area contributed by atoms with Crippen molar-refractivity contribution in [1.29, 1.82) is 0 Å². The van der Waals surface area contributed by atoms with E-state index in [0.717, 1.165) is 4.90 Å². The number of aliphatic hydroxyl groups excluding tert-OH is 1. The maximum atomic E-state index is 11.9. The number of carboxylic acid groups (broad SMARTS) is 1. The maximum absolute atomic E-state index is 11.9. The van der Waals surface area contributed by atoms with Crippen LogP contribution in [0.5, 0.6) is 0 Å². The monoisotopic (exact) mass is 275 g/mol. The zero-order valence-corrected chi connectivity index (χ0v) is 10.4. The normalized spacial score (nSPS) is 26.3. The Morgan fingerprint density at radius 2 is 2.05 bits per heavy atom. The van der Waals surface area contributed by atoms with Gasteiger partial charge in [0.05, 0.1) is 19.3 Å². The summed E-state index contributed by atoms with van der Waals surface area (Å²) < 4.78 is 5.28. The molecule has 1 aliphatic rings. The van der Waals surface area contributed by atoms with Gasteiger partial charge < -0.3 is 26.0 Å². The van der Waals surface area contributed by atoms with Crippen LogP contribution in [0.1, 0.15) is 6.92 Å². The van der Waals surface area contributed by atoms with Crippen LogP contribution in [-0.2, 0) is 19.1 Å². The number of carbonyl (C=O) groups excluding carboxylic acids is 2. The molecule has 9 nitrogen and oxygen atoms in total. The van der Waals surface area contributed by atoms with Crippen LogP contribution in [0.25, 0.3) is 0 Å². The van der Waals surface area contributed by atoms with E-state index in [0.29, 0.717) is 0 Å². The zero-order valence-electron chi connectivity index (χ0n) is 10.4. The molecule has 2 amide bonds. The summed E-state index contributed by atoms with van der Waals surface area (Å²) in [7, 11) is 0. The van der Waals surface area contributed by atoms with Crippen LogP contribution in [0, 0.1) is 0 Å². The van der Waals surface area contributed by atoms with Gasteiger partial charge in [0.15, 0.2) is 6.23 Å². The summed E-state index contributed by atoms with van der Waals surface area (Å²) in [6.45, 7) is 0.183. The Balaban J connectivity index is 2.84. The van der Waals surface area contributed by atoms with E-state index in [1.165, 1.54) is 0 Å². The van der Waals surface area contributed by atoms with Crippen molar-refractivity contribution in [3.8, 4) is 0 Å². The quantitative estimate of drug-likeness (QED) is 0.421. The molecule has 19 heavy (non-hydrogen) atoms. The van der Waals surface area contributed by atoms with Crippen LogP contribution in [0.3, 0.4) is 0 Å². The van der Waals surface area contributed by atoms with Gasteiger partial charge in [0.1, 0.15) is 12.6 Å². The third-order valence-electron chi connectivity index (χ3n) is 2.73. The van der Waals surface area contributed by atoms with Crippen molar-refractivity contribution in [2.45, 2.75) is 25.3 Å². The third-order valence-corrected chi connectivity index (χ3v) is 2.73. The Morgan fingerprint density at radius 1 is 1.42 bits per heavy atom. The molecule has 1 rings (SSSR count). The number of ether oxygens (including phenoxy) is 1. The number of hydrogen-bond acceptors (Lipinski definition) is 6. The fourth-order valence-electron chi connectivity index (χ4n) is 1.95. The zero-order chi connectivity index (χ0) is 14.6. The summed E-state index contributed by atoms with van der Waals surface area (Å²) in [6.07, 6.45) is -1.62. The number of rotatable bonds is 5. The molecule has 9 heteroatoms. The minimum absolute atomic E-state index is 0.338. The van der Waals surface area contributed by atoms with Gasteiger partial charge in [-0.3, -0.25) is 19.3 Å². The highest BCUT2D eigenvalue weighted by atomic mass is 16.5. The molecule has 3 atom stereocenters. The molecule has 0 aromatic heterocycles. The number of carbonyl (C=O) groups is 3. The van der Waals surface area contributed by atoms with Crippen LogP contribution in [0.4, 0.5) is 0 Å². The Hall–Kier alpha value is -1.71. The minimum atomic E-state index is -1.20. The second kappa shape index (κ2) is 6.45. The average molecular weight is 275 g/mol. The lowest BCUT2D eigenvalue weighted by Gasteiger charge is -2.26. The van der Waals surface area contributed by atoms with Crippen LogP contribution in [-0.4, -0.2) is 71.0 Å². The summed E-state index contributed by atoms with van der Waals surface area (Å²) in [6, 6.07) is -1.01. The second-order valence-electron chi connectivity index (χ2n) is 4.04. The first-order valence-corrected chi connectivity index (χ1v) is 5.69. The van der Waals surface area contributed by atoms with Gasteiger partial charge in [0, 0.05) is 0 Å². The van der Waals surface area contributed by atoms with E-state index in [1.807, 2.05) is 0 Å². The van der Waals surface area contributed by atoms with Crippen molar-refractivity contribution in [3.63, 3.8) is 0 Å². The standard InChI is InChI=1S/C10H17N3O6/c1-5-9(10(18)12-3-8(16)17)13(6(15)2-11)7(4-14)19-5/h5,7,9,14H,2-4,11H2,1H3,(H,12,18)(H,16,17)/t5-,7?,9+/m1/s1. The van der Waals surface area contributed by atoms with Gasteiger partial charge in [0.25, 0.3) is 0 Å². The molecule has 0 spiro atoms. The van der Waals surface area contributed by atoms with E-state index in [9.17, 15) is 14.4 Å². The number of aliphatic hydroxyl groups is 1. The summed E-state index contributed by atoms with van der Waals surface area (Å²) >= 11 is 0. The number of amides is 2. The maximum Gasteiger partial charge on any atom is 0.322 e. The van der Waals surface area contributed by atoms with Crippen molar-refractivity contribution >= 4 is 17.8 Å². The van der Waals surface area contributed by atoms with Crippen molar-refractivity contribution < 1.29 is 29.3 Å². The molecule has 0 bridgehead atoms. The topological polar surface area (TPSA) is 142 Å². The van der Waals surface area contributed by atoms with E-state index < -0.39 is 49.3 Å². The molecule has 0 radical (unpaired) electrons. The molecule has 1 saturated heterocycles. The Morgan fingerprint density at radius 3 is 2.53 bits per heavy atom. The van der Waals surface area contributed by atoms with Crippen LogP contribution < -0.4 is 11.1 Å².